The lowest BCUT2D eigenvalue weighted by Crippen LogP contribution is -2.24. The summed E-state index contributed by atoms with van der Waals surface area (Å²) in [6, 6.07) is 6.95. The molecule has 0 aromatic heterocycles. The summed E-state index contributed by atoms with van der Waals surface area (Å²) in [6.45, 7) is 3.88. The normalized spacial score (nSPS) is 12.5. The summed E-state index contributed by atoms with van der Waals surface area (Å²) in [5.41, 5.74) is 0.926. The Morgan fingerprint density at radius 2 is 1.76 bits per heavy atom. The summed E-state index contributed by atoms with van der Waals surface area (Å²) in [4.78, 5) is 0. The van der Waals surface area contributed by atoms with Crippen LogP contribution in [0.2, 0.25) is 0 Å². The highest BCUT2D eigenvalue weighted by molar-refractivity contribution is 9.10. The standard InChI is InChI=1S/C16H15BrF3N/c1-3-21-16(10-5-4-6-12(18)13(10)17)11-8-7-9(2)14(19)15(11)20/h4-8,16,21H,3H2,1-2H3. The topological polar surface area (TPSA) is 12.0 Å². The first-order valence-corrected chi connectivity index (χ1v) is 7.38. The van der Waals surface area contributed by atoms with Crippen molar-refractivity contribution in [3.63, 3.8) is 0 Å². The molecule has 1 N–H and O–H groups in total. The third kappa shape index (κ3) is 3.14. The summed E-state index contributed by atoms with van der Waals surface area (Å²) in [5.74, 6) is -2.22. The lowest BCUT2D eigenvalue weighted by Gasteiger charge is -2.21. The van der Waals surface area contributed by atoms with E-state index in [0.717, 1.165) is 0 Å². The zero-order chi connectivity index (χ0) is 15.6. The second-order valence-corrected chi connectivity index (χ2v) is 5.53. The average molecular weight is 358 g/mol. The van der Waals surface area contributed by atoms with Crippen molar-refractivity contribution in [1.29, 1.82) is 0 Å². The molecule has 0 spiro atoms. The summed E-state index contributed by atoms with van der Waals surface area (Å²) in [6.07, 6.45) is 0. The molecule has 1 atom stereocenters. The van der Waals surface area contributed by atoms with Crippen LogP contribution in [0.4, 0.5) is 13.2 Å². The minimum atomic E-state index is -0.905. The second-order valence-electron chi connectivity index (χ2n) is 4.73. The molecule has 0 saturated carbocycles. The number of nitrogens with one attached hydrogen (secondary N) is 1. The van der Waals surface area contributed by atoms with Crippen molar-refractivity contribution in [2.24, 2.45) is 0 Å². The van der Waals surface area contributed by atoms with Gasteiger partial charge in [-0.3, -0.25) is 0 Å². The van der Waals surface area contributed by atoms with E-state index in [4.69, 9.17) is 0 Å². The third-order valence-corrected chi connectivity index (χ3v) is 4.15. The summed E-state index contributed by atoms with van der Waals surface area (Å²) >= 11 is 3.17. The molecule has 0 saturated heterocycles. The van der Waals surface area contributed by atoms with Crippen molar-refractivity contribution < 1.29 is 13.2 Å². The molecule has 2 rings (SSSR count). The van der Waals surface area contributed by atoms with Gasteiger partial charge in [0, 0.05) is 5.56 Å². The summed E-state index contributed by atoms with van der Waals surface area (Å²) < 4.78 is 42.0. The highest BCUT2D eigenvalue weighted by atomic mass is 79.9. The molecule has 0 radical (unpaired) electrons. The maximum atomic E-state index is 14.2. The molecule has 0 amide bonds. The van der Waals surface area contributed by atoms with Crippen molar-refractivity contribution in [2.45, 2.75) is 19.9 Å². The van der Waals surface area contributed by atoms with Gasteiger partial charge in [0.05, 0.1) is 10.5 Å². The van der Waals surface area contributed by atoms with Crippen LogP contribution in [0.3, 0.4) is 0 Å². The van der Waals surface area contributed by atoms with E-state index in [2.05, 4.69) is 21.2 Å². The second kappa shape index (κ2) is 6.62. The number of hydrogen-bond acceptors (Lipinski definition) is 1. The first-order valence-electron chi connectivity index (χ1n) is 6.59. The van der Waals surface area contributed by atoms with Crippen LogP contribution >= 0.6 is 15.9 Å². The van der Waals surface area contributed by atoms with Gasteiger partial charge >= 0.3 is 0 Å². The Kier molecular flexibility index (Phi) is 5.06. The molecule has 112 valence electrons. The Hall–Kier alpha value is -1.33. The number of aryl methyl sites for hydroxylation is 1. The quantitative estimate of drug-likeness (QED) is 0.822. The van der Waals surface area contributed by atoms with E-state index in [1.807, 2.05) is 6.92 Å². The number of halogens is 4. The average Bonchev–Trinajstić information content (AvgIpc) is 2.46. The molecule has 2 aromatic carbocycles. The zero-order valence-corrected chi connectivity index (χ0v) is 13.3. The number of benzene rings is 2. The van der Waals surface area contributed by atoms with Gasteiger partial charge in [-0.1, -0.05) is 31.2 Å². The van der Waals surface area contributed by atoms with Gasteiger partial charge in [-0.2, -0.15) is 0 Å². The zero-order valence-electron chi connectivity index (χ0n) is 11.7. The van der Waals surface area contributed by atoms with Gasteiger partial charge in [0.25, 0.3) is 0 Å². The predicted octanol–water partition coefficient (Wildman–Crippen LogP) is 4.87. The number of rotatable bonds is 4. The Morgan fingerprint density at radius 3 is 2.43 bits per heavy atom. The van der Waals surface area contributed by atoms with E-state index in [-0.39, 0.29) is 15.6 Å². The van der Waals surface area contributed by atoms with Gasteiger partial charge in [-0.25, -0.2) is 13.2 Å². The maximum absolute atomic E-state index is 14.2. The fourth-order valence-electron chi connectivity index (χ4n) is 2.22. The summed E-state index contributed by atoms with van der Waals surface area (Å²) in [7, 11) is 0. The van der Waals surface area contributed by atoms with Crippen LogP contribution in [-0.2, 0) is 0 Å². The molecule has 0 bridgehead atoms. The van der Waals surface area contributed by atoms with E-state index in [1.165, 1.54) is 25.1 Å². The first kappa shape index (κ1) is 16.0. The predicted molar refractivity (Wildman–Crippen MR) is 80.7 cm³/mol. The van der Waals surface area contributed by atoms with Crippen molar-refractivity contribution >= 4 is 15.9 Å². The number of hydrogen-bond donors (Lipinski definition) is 1. The van der Waals surface area contributed by atoms with Crippen LogP contribution in [0.1, 0.15) is 29.7 Å². The van der Waals surface area contributed by atoms with Gasteiger partial charge in [-0.15, -0.1) is 0 Å². The highest BCUT2D eigenvalue weighted by Gasteiger charge is 2.23. The molecule has 2 aromatic rings. The fourth-order valence-corrected chi connectivity index (χ4v) is 2.71. The lowest BCUT2D eigenvalue weighted by molar-refractivity contribution is 0.477. The fraction of sp³-hybridized carbons (Fsp3) is 0.250. The van der Waals surface area contributed by atoms with Crippen LogP contribution in [0, 0.1) is 24.4 Å². The monoisotopic (exact) mass is 357 g/mol. The van der Waals surface area contributed by atoms with Gasteiger partial charge in [0.1, 0.15) is 5.82 Å². The van der Waals surface area contributed by atoms with Gasteiger partial charge < -0.3 is 5.32 Å². The van der Waals surface area contributed by atoms with Gasteiger partial charge in [0.15, 0.2) is 11.6 Å². The van der Waals surface area contributed by atoms with Crippen LogP contribution < -0.4 is 5.32 Å². The van der Waals surface area contributed by atoms with E-state index < -0.39 is 23.5 Å². The molecule has 0 fully saturated rings. The van der Waals surface area contributed by atoms with Gasteiger partial charge in [0.2, 0.25) is 0 Å². The molecule has 21 heavy (non-hydrogen) atoms. The molecule has 0 aliphatic rings. The van der Waals surface area contributed by atoms with Crippen LogP contribution in [0.5, 0.6) is 0 Å². The van der Waals surface area contributed by atoms with Crippen molar-refractivity contribution in [3.05, 3.63) is 68.9 Å². The molecule has 5 heteroatoms. The van der Waals surface area contributed by atoms with E-state index >= 15 is 0 Å². The molecular weight excluding hydrogens is 343 g/mol. The molecule has 0 heterocycles. The SMILES string of the molecule is CCNC(c1ccc(C)c(F)c1F)c1cccc(F)c1Br. The van der Waals surface area contributed by atoms with E-state index in [0.29, 0.717) is 12.1 Å². The lowest BCUT2D eigenvalue weighted by atomic mass is 9.96. The Balaban J connectivity index is 2.59. The highest BCUT2D eigenvalue weighted by Crippen LogP contribution is 2.32. The molecule has 1 unspecified atom stereocenters. The maximum Gasteiger partial charge on any atom is 0.164 e. The first-order chi connectivity index (χ1) is 9.97. The van der Waals surface area contributed by atoms with Crippen molar-refractivity contribution in [2.75, 3.05) is 6.54 Å². The Labute approximate surface area is 130 Å². The van der Waals surface area contributed by atoms with E-state index in [1.54, 1.807) is 12.1 Å². The van der Waals surface area contributed by atoms with Crippen molar-refractivity contribution in [3.8, 4) is 0 Å². The summed E-state index contributed by atoms with van der Waals surface area (Å²) in [5, 5.41) is 3.07. The minimum Gasteiger partial charge on any atom is -0.306 e. The van der Waals surface area contributed by atoms with Crippen LogP contribution in [0.15, 0.2) is 34.8 Å². The van der Waals surface area contributed by atoms with Crippen LogP contribution in [-0.4, -0.2) is 6.54 Å². The smallest absolute Gasteiger partial charge is 0.164 e. The Bertz CT molecular complexity index is 658. The minimum absolute atomic E-state index is 0.159. The molecular formula is C16H15BrF3N. The Morgan fingerprint density at radius 1 is 1.05 bits per heavy atom. The van der Waals surface area contributed by atoms with Gasteiger partial charge in [-0.05, 0) is 46.6 Å². The molecule has 0 aliphatic carbocycles. The third-order valence-electron chi connectivity index (χ3n) is 3.32. The van der Waals surface area contributed by atoms with Crippen molar-refractivity contribution in [1.82, 2.24) is 5.32 Å². The largest absolute Gasteiger partial charge is 0.306 e. The van der Waals surface area contributed by atoms with Crippen LogP contribution in [0.25, 0.3) is 0 Å². The molecule has 0 aliphatic heterocycles. The molecule has 1 nitrogen and oxygen atoms in total. The van der Waals surface area contributed by atoms with E-state index in [9.17, 15) is 13.2 Å².